The van der Waals surface area contributed by atoms with Crippen LogP contribution in [0.25, 0.3) is 0 Å². The molecular weight excluding hydrogens is 406 g/mol. The molecule has 150 valence electrons. The number of aliphatic imine (C=N–C) groups is 1. The van der Waals surface area contributed by atoms with Gasteiger partial charge in [-0.05, 0) is 30.0 Å². The van der Waals surface area contributed by atoms with Crippen LogP contribution < -0.4 is 11.2 Å². The SMILES string of the molecule is CCCCn1c(O)c(C2=Nc3ccccc3SC(c3cccs3)C2)c(=O)[nH]c1=O. The van der Waals surface area contributed by atoms with Crippen molar-refractivity contribution in [2.24, 2.45) is 4.99 Å². The number of thioether (sulfide) groups is 1. The number of hydrogen-bond acceptors (Lipinski definition) is 6. The topological polar surface area (TPSA) is 87.4 Å². The number of fused-ring (bicyclic) bond motifs is 1. The molecule has 3 heterocycles. The second-order valence-electron chi connectivity index (χ2n) is 6.82. The summed E-state index contributed by atoms with van der Waals surface area (Å²) in [5.74, 6) is -0.305. The lowest BCUT2D eigenvalue weighted by Crippen LogP contribution is -2.34. The molecule has 0 amide bonds. The van der Waals surface area contributed by atoms with Crippen LogP contribution in [0, 0.1) is 0 Å². The first-order chi connectivity index (χ1) is 14.1. The lowest BCUT2D eigenvalue weighted by Gasteiger charge is -2.15. The maximum atomic E-state index is 12.7. The van der Waals surface area contributed by atoms with Gasteiger partial charge in [-0.3, -0.25) is 19.3 Å². The number of nitrogens with zero attached hydrogens (tertiary/aromatic N) is 2. The Morgan fingerprint density at radius 3 is 2.83 bits per heavy atom. The summed E-state index contributed by atoms with van der Waals surface area (Å²) in [6.07, 6.45) is 2.07. The highest BCUT2D eigenvalue weighted by Crippen LogP contribution is 2.46. The number of aromatic hydroxyl groups is 1. The fourth-order valence-corrected chi connectivity index (χ4v) is 5.50. The summed E-state index contributed by atoms with van der Waals surface area (Å²) in [7, 11) is 0. The molecule has 6 nitrogen and oxygen atoms in total. The maximum absolute atomic E-state index is 12.7. The highest BCUT2D eigenvalue weighted by atomic mass is 32.2. The zero-order valence-corrected chi connectivity index (χ0v) is 17.6. The van der Waals surface area contributed by atoms with Crippen molar-refractivity contribution in [1.29, 1.82) is 0 Å². The van der Waals surface area contributed by atoms with Crippen molar-refractivity contribution in [2.75, 3.05) is 0 Å². The third-order valence-corrected chi connectivity index (χ3v) is 7.26. The summed E-state index contributed by atoms with van der Waals surface area (Å²) in [5.41, 5.74) is 0.137. The van der Waals surface area contributed by atoms with Gasteiger partial charge < -0.3 is 5.11 Å². The van der Waals surface area contributed by atoms with Crippen LogP contribution >= 0.6 is 23.1 Å². The van der Waals surface area contributed by atoms with Gasteiger partial charge in [0.15, 0.2) is 0 Å². The number of nitrogens with one attached hydrogen (secondary N) is 1. The summed E-state index contributed by atoms with van der Waals surface area (Å²) in [4.78, 5) is 34.2. The molecule has 0 radical (unpaired) electrons. The molecule has 1 aliphatic heterocycles. The van der Waals surface area contributed by atoms with Crippen LogP contribution in [0.5, 0.6) is 5.88 Å². The number of thiophene rings is 1. The Bertz CT molecular complexity index is 1160. The Balaban J connectivity index is 1.88. The fourth-order valence-electron chi connectivity index (χ4n) is 3.35. The van der Waals surface area contributed by atoms with Crippen LogP contribution in [0.2, 0.25) is 0 Å². The molecule has 0 saturated heterocycles. The minimum absolute atomic E-state index is 0.0622. The van der Waals surface area contributed by atoms with Crippen molar-refractivity contribution in [3.8, 4) is 5.88 Å². The molecule has 1 atom stereocenters. The molecular formula is C21H21N3O3S2. The smallest absolute Gasteiger partial charge is 0.331 e. The average Bonchev–Trinajstić information content (AvgIpc) is 3.16. The van der Waals surface area contributed by atoms with E-state index in [4.69, 9.17) is 4.99 Å². The van der Waals surface area contributed by atoms with E-state index < -0.39 is 11.2 Å². The minimum Gasteiger partial charge on any atom is -0.494 e. The van der Waals surface area contributed by atoms with Crippen molar-refractivity contribution < 1.29 is 5.11 Å². The summed E-state index contributed by atoms with van der Waals surface area (Å²) in [6.45, 7) is 2.35. The van der Waals surface area contributed by atoms with Crippen LogP contribution in [-0.4, -0.2) is 20.4 Å². The molecule has 8 heteroatoms. The van der Waals surface area contributed by atoms with E-state index in [1.54, 1.807) is 23.1 Å². The molecule has 29 heavy (non-hydrogen) atoms. The van der Waals surface area contributed by atoms with Gasteiger partial charge in [0, 0.05) is 28.0 Å². The quantitative estimate of drug-likeness (QED) is 0.629. The van der Waals surface area contributed by atoms with Gasteiger partial charge in [0.05, 0.1) is 11.4 Å². The predicted octanol–water partition coefficient (Wildman–Crippen LogP) is 4.46. The Labute approximate surface area is 176 Å². The predicted molar refractivity (Wildman–Crippen MR) is 118 cm³/mol. The molecule has 1 unspecified atom stereocenters. The van der Waals surface area contributed by atoms with Gasteiger partial charge in [-0.25, -0.2) is 4.79 Å². The van der Waals surface area contributed by atoms with E-state index in [9.17, 15) is 14.7 Å². The number of benzene rings is 1. The van der Waals surface area contributed by atoms with Crippen molar-refractivity contribution in [1.82, 2.24) is 9.55 Å². The summed E-state index contributed by atoms with van der Waals surface area (Å²) in [6, 6.07) is 11.9. The Morgan fingerprint density at radius 2 is 2.07 bits per heavy atom. The summed E-state index contributed by atoms with van der Waals surface area (Å²) < 4.78 is 1.23. The third kappa shape index (κ3) is 3.95. The molecule has 0 spiro atoms. The Morgan fingerprint density at radius 1 is 1.24 bits per heavy atom. The molecule has 0 saturated carbocycles. The van der Waals surface area contributed by atoms with Crippen LogP contribution in [-0.2, 0) is 6.54 Å². The van der Waals surface area contributed by atoms with E-state index in [2.05, 4.69) is 11.1 Å². The van der Waals surface area contributed by atoms with Crippen molar-refractivity contribution >= 4 is 34.5 Å². The van der Waals surface area contributed by atoms with Gasteiger partial charge in [0.1, 0.15) is 5.56 Å². The van der Waals surface area contributed by atoms with Crippen molar-refractivity contribution in [3.05, 3.63) is 73.1 Å². The first-order valence-corrected chi connectivity index (χ1v) is 11.3. The average molecular weight is 428 g/mol. The maximum Gasteiger partial charge on any atom is 0.331 e. The fraction of sp³-hybridized carbons (Fsp3) is 0.286. The molecule has 4 rings (SSSR count). The van der Waals surface area contributed by atoms with Crippen LogP contribution in [0.15, 0.2) is 61.3 Å². The van der Waals surface area contributed by atoms with Gasteiger partial charge in [0.25, 0.3) is 5.56 Å². The van der Waals surface area contributed by atoms with E-state index in [1.165, 1.54) is 9.44 Å². The van der Waals surface area contributed by atoms with E-state index in [0.717, 1.165) is 23.4 Å². The number of aromatic nitrogens is 2. The monoisotopic (exact) mass is 427 g/mol. The van der Waals surface area contributed by atoms with Gasteiger partial charge in [0.2, 0.25) is 5.88 Å². The molecule has 3 aromatic rings. The van der Waals surface area contributed by atoms with E-state index in [1.807, 2.05) is 42.6 Å². The van der Waals surface area contributed by atoms with Gasteiger partial charge in [-0.15, -0.1) is 23.1 Å². The highest BCUT2D eigenvalue weighted by Gasteiger charge is 2.27. The number of para-hydroxylation sites is 1. The molecule has 1 aromatic carbocycles. The first-order valence-electron chi connectivity index (χ1n) is 9.51. The van der Waals surface area contributed by atoms with Crippen molar-refractivity contribution in [3.63, 3.8) is 0 Å². The number of hydrogen-bond donors (Lipinski definition) is 2. The van der Waals surface area contributed by atoms with Gasteiger partial charge in [-0.2, -0.15) is 0 Å². The molecule has 0 fully saturated rings. The highest BCUT2D eigenvalue weighted by molar-refractivity contribution is 7.99. The second kappa shape index (κ2) is 8.42. The van der Waals surface area contributed by atoms with Crippen LogP contribution in [0.3, 0.4) is 0 Å². The molecule has 1 aliphatic rings. The Kier molecular flexibility index (Phi) is 5.73. The molecule has 2 aromatic heterocycles. The van der Waals surface area contributed by atoms with E-state index >= 15 is 0 Å². The number of H-pyrrole nitrogens is 1. The van der Waals surface area contributed by atoms with Crippen LogP contribution in [0.1, 0.15) is 41.9 Å². The van der Waals surface area contributed by atoms with E-state index in [0.29, 0.717) is 18.7 Å². The number of unbranched alkanes of at least 4 members (excludes halogenated alkanes) is 1. The minimum atomic E-state index is -0.603. The standard InChI is InChI=1S/C21H21N3O3S2/c1-2-3-10-24-20(26)18(19(25)23-21(24)27)14-12-17(16-9-6-11-28-16)29-15-8-5-4-7-13(15)22-14/h4-9,11,17,26H,2-3,10,12H2,1H3,(H,23,25,27). The number of rotatable bonds is 5. The zero-order valence-electron chi connectivity index (χ0n) is 15.9. The Hall–Kier alpha value is -2.58. The molecule has 0 bridgehead atoms. The zero-order chi connectivity index (χ0) is 20.4. The van der Waals surface area contributed by atoms with Crippen LogP contribution in [0.4, 0.5) is 5.69 Å². The lowest BCUT2D eigenvalue weighted by atomic mass is 10.1. The number of aromatic amines is 1. The lowest BCUT2D eigenvalue weighted by molar-refractivity contribution is 0.394. The van der Waals surface area contributed by atoms with Crippen molar-refractivity contribution in [2.45, 2.75) is 42.9 Å². The molecule has 2 N–H and O–H groups in total. The van der Waals surface area contributed by atoms with E-state index in [-0.39, 0.29) is 16.7 Å². The third-order valence-electron chi connectivity index (χ3n) is 4.82. The summed E-state index contributed by atoms with van der Waals surface area (Å²) >= 11 is 3.36. The second-order valence-corrected chi connectivity index (χ2v) is 9.04. The molecule has 0 aliphatic carbocycles. The van der Waals surface area contributed by atoms with Gasteiger partial charge >= 0.3 is 5.69 Å². The summed E-state index contributed by atoms with van der Waals surface area (Å²) in [5, 5.41) is 12.9. The normalized spacial score (nSPS) is 16.2. The largest absolute Gasteiger partial charge is 0.494 e. The van der Waals surface area contributed by atoms with Gasteiger partial charge in [-0.1, -0.05) is 31.5 Å². The first kappa shape index (κ1) is 19.7.